The number of nitrogens with one attached hydrogen (secondary N) is 2. The first-order valence-electron chi connectivity index (χ1n) is 5.45. The minimum absolute atomic E-state index is 0.721. The number of hydrogen-bond donors (Lipinski definition) is 2. The molecule has 0 spiro atoms. The fourth-order valence-corrected chi connectivity index (χ4v) is 2.82. The fraction of sp³-hybridized carbons (Fsp3) is 0.167. The van der Waals surface area contributed by atoms with E-state index in [1.807, 2.05) is 37.6 Å². The summed E-state index contributed by atoms with van der Waals surface area (Å²) in [6.07, 6.45) is 1.95. The van der Waals surface area contributed by atoms with Crippen LogP contribution < -0.4 is 10.6 Å². The van der Waals surface area contributed by atoms with Gasteiger partial charge in [0.1, 0.15) is 11.6 Å². The van der Waals surface area contributed by atoms with Crippen LogP contribution in [0.2, 0.25) is 5.02 Å². The van der Waals surface area contributed by atoms with Gasteiger partial charge in [0.05, 0.1) is 5.69 Å². The number of aromatic nitrogens is 2. The van der Waals surface area contributed by atoms with Crippen LogP contribution in [0.15, 0.2) is 29.4 Å². The zero-order chi connectivity index (χ0) is 13.8. The van der Waals surface area contributed by atoms with Gasteiger partial charge in [-0.2, -0.15) is 0 Å². The van der Waals surface area contributed by atoms with Gasteiger partial charge in [0.2, 0.25) is 0 Å². The van der Waals surface area contributed by atoms with Crippen molar-refractivity contribution in [3.05, 3.63) is 32.9 Å². The van der Waals surface area contributed by atoms with Gasteiger partial charge in [0, 0.05) is 21.7 Å². The van der Waals surface area contributed by atoms with E-state index < -0.39 is 0 Å². The Bertz CT molecular complexity index is 572. The Kier molecular flexibility index (Phi) is 5.12. The van der Waals surface area contributed by atoms with Gasteiger partial charge in [-0.3, -0.25) is 0 Å². The molecular formula is C12H12ClIN4S. The van der Waals surface area contributed by atoms with Crippen LogP contribution in [0.25, 0.3) is 0 Å². The summed E-state index contributed by atoms with van der Waals surface area (Å²) in [7, 11) is 1.84. The molecule has 0 fully saturated rings. The van der Waals surface area contributed by atoms with Gasteiger partial charge in [0.25, 0.3) is 0 Å². The van der Waals surface area contributed by atoms with E-state index in [1.165, 1.54) is 11.8 Å². The number of thioether (sulfide) groups is 1. The van der Waals surface area contributed by atoms with Gasteiger partial charge in [-0.1, -0.05) is 23.4 Å². The zero-order valence-electron chi connectivity index (χ0n) is 10.4. The summed E-state index contributed by atoms with van der Waals surface area (Å²) in [5, 5.41) is 7.74. The quantitative estimate of drug-likeness (QED) is 0.452. The average Bonchev–Trinajstić information content (AvgIpc) is 2.41. The minimum Gasteiger partial charge on any atom is -0.373 e. The Hall–Kier alpha value is -0.730. The van der Waals surface area contributed by atoms with Crippen molar-refractivity contribution < 1.29 is 0 Å². The maximum Gasteiger partial charge on any atom is 0.191 e. The molecule has 100 valence electrons. The van der Waals surface area contributed by atoms with Crippen molar-refractivity contribution in [1.82, 2.24) is 9.97 Å². The highest BCUT2D eigenvalue weighted by Gasteiger charge is 2.06. The van der Waals surface area contributed by atoms with Crippen molar-refractivity contribution in [1.29, 1.82) is 0 Å². The lowest BCUT2D eigenvalue weighted by Crippen LogP contribution is -2.01. The molecule has 0 saturated heterocycles. The van der Waals surface area contributed by atoms with Gasteiger partial charge in [-0.25, -0.2) is 9.97 Å². The third-order valence-electron chi connectivity index (χ3n) is 2.34. The molecule has 0 saturated carbocycles. The smallest absolute Gasteiger partial charge is 0.191 e. The van der Waals surface area contributed by atoms with Crippen LogP contribution in [0, 0.1) is 3.57 Å². The molecular weight excluding hydrogens is 395 g/mol. The normalized spacial score (nSPS) is 10.3. The molecule has 7 heteroatoms. The van der Waals surface area contributed by atoms with Crippen molar-refractivity contribution in [2.45, 2.75) is 5.16 Å². The molecule has 2 rings (SSSR count). The first-order valence-corrected chi connectivity index (χ1v) is 8.13. The summed E-state index contributed by atoms with van der Waals surface area (Å²) >= 11 is 9.69. The predicted octanol–water partition coefficient (Wildman–Crippen LogP) is 4.24. The molecule has 19 heavy (non-hydrogen) atoms. The Balaban J connectivity index is 2.31. The Morgan fingerprint density at radius 1 is 1.21 bits per heavy atom. The zero-order valence-corrected chi connectivity index (χ0v) is 14.1. The van der Waals surface area contributed by atoms with Crippen molar-refractivity contribution in [2.75, 3.05) is 23.9 Å². The maximum atomic E-state index is 5.94. The first kappa shape index (κ1) is 14.7. The minimum atomic E-state index is 0.721. The van der Waals surface area contributed by atoms with E-state index in [0.717, 1.165) is 31.1 Å². The van der Waals surface area contributed by atoms with Gasteiger partial charge < -0.3 is 10.6 Å². The van der Waals surface area contributed by atoms with E-state index in [4.69, 9.17) is 11.6 Å². The Morgan fingerprint density at radius 2 is 1.95 bits per heavy atom. The van der Waals surface area contributed by atoms with Crippen LogP contribution in [0.5, 0.6) is 0 Å². The predicted molar refractivity (Wildman–Crippen MR) is 90.8 cm³/mol. The highest BCUT2D eigenvalue weighted by Crippen LogP contribution is 2.26. The molecule has 0 amide bonds. The number of rotatable bonds is 4. The number of hydrogen-bond acceptors (Lipinski definition) is 5. The van der Waals surface area contributed by atoms with Gasteiger partial charge in [-0.15, -0.1) is 0 Å². The van der Waals surface area contributed by atoms with Gasteiger partial charge in [-0.05, 0) is 47.0 Å². The first-order chi connectivity index (χ1) is 9.12. The monoisotopic (exact) mass is 406 g/mol. The number of halogens is 2. The largest absolute Gasteiger partial charge is 0.373 e. The molecule has 1 aromatic carbocycles. The van der Waals surface area contributed by atoms with E-state index in [0.29, 0.717) is 0 Å². The van der Waals surface area contributed by atoms with Crippen LogP contribution in [-0.2, 0) is 0 Å². The Labute approximate surface area is 134 Å². The molecule has 1 heterocycles. The molecule has 0 bridgehead atoms. The van der Waals surface area contributed by atoms with E-state index in [-0.39, 0.29) is 0 Å². The fourth-order valence-electron chi connectivity index (χ4n) is 1.44. The lowest BCUT2D eigenvalue weighted by atomic mass is 10.3. The van der Waals surface area contributed by atoms with Crippen LogP contribution in [0.1, 0.15) is 0 Å². The average molecular weight is 407 g/mol. The van der Waals surface area contributed by atoms with Crippen LogP contribution in [0.3, 0.4) is 0 Å². The van der Waals surface area contributed by atoms with Crippen molar-refractivity contribution in [3.63, 3.8) is 0 Å². The van der Waals surface area contributed by atoms with Crippen molar-refractivity contribution >= 4 is 63.3 Å². The number of benzene rings is 1. The summed E-state index contributed by atoms with van der Waals surface area (Å²) in [5.74, 6) is 1.54. The molecule has 4 nitrogen and oxygen atoms in total. The molecule has 0 radical (unpaired) electrons. The summed E-state index contributed by atoms with van der Waals surface area (Å²) in [4.78, 5) is 8.75. The molecule has 1 aromatic heterocycles. The second-order valence-electron chi connectivity index (χ2n) is 3.62. The molecule has 0 unspecified atom stereocenters. The maximum absolute atomic E-state index is 5.94. The second kappa shape index (κ2) is 6.62. The van der Waals surface area contributed by atoms with E-state index in [2.05, 4.69) is 43.2 Å². The lowest BCUT2D eigenvalue weighted by molar-refractivity contribution is 0.977. The molecule has 0 aliphatic carbocycles. The standard InChI is InChI=1S/C12H12ClIN4S/c1-15-10-6-11(18-12(17-10)19-2)16-9-4-3-7(13)5-8(9)14/h3-6H,1-2H3,(H2,15,16,17,18). The summed E-state index contributed by atoms with van der Waals surface area (Å²) < 4.78 is 1.04. The highest BCUT2D eigenvalue weighted by atomic mass is 127. The van der Waals surface area contributed by atoms with Crippen molar-refractivity contribution in [2.24, 2.45) is 0 Å². The van der Waals surface area contributed by atoms with Crippen LogP contribution >= 0.6 is 46.0 Å². The Morgan fingerprint density at radius 3 is 2.58 bits per heavy atom. The van der Waals surface area contributed by atoms with Crippen molar-refractivity contribution in [3.8, 4) is 0 Å². The third kappa shape index (κ3) is 3.87. The molecule has 2 N–H and O–H groups in total. The van der Waals surface area contributed by atoms with E-state index in [9.17, 15) is 0 Å². The molecule has 0 aliphatic heterocycles. The van der Waals surface area contributed by atoms with Gasteiger partial charge >= 0.3 is 0 Å². The van der Waals surface area contributed by atoms with Crippen LogP contribution in [-0.4, -0.2) is 23.3 Å². The molecule has 0 atom stereocenters. The summed E-state index contributed by atoms with van der Waals surface area (Å²) in [5.41, 5.74) is 0.970. The molecule has 2 aromatic rings. The SMILES string of the molecule is CNc1cc(Nc2ccc(Cl)cc2I)nc(SC)n1. The number of anilines is 3. The third-order valence-corrected chi connectivity index (χ3v) is 4.01. The van der Waals surface area contributed by atoms with Gasteiger partial charge in [0.15, 0.2) is 5.16 Å². The topological polar surface area (TPSA) is 49.8 Å². The summed E-state index contributed by atoms with van der Waals surface area (Å²) in [6, 6.07) is 7.55. The number of nitrogens with zero attached hydrogens (tertiary/aromatic N) is 2. The molecule has 0 aliphatic rings. The summed E-state index contributed by atoms with van der Waals surface area (Å²) in [6.45, 7) is 0. The van der Waals surface area contributed by atoms with E-state index >= 15 is 0 Å². The highest BCUT2D eigenvalue weighted by molar-refractivity contribution is 14.1. The van der Waals surface area contributed by atoms with E-state index in [1.54, 1.807) is 0 Å². The second-order valence-corrected chi connectivity index (χ2v) is 6.00. The lowest BCUT2D eigenvalue weighted by Gasteiger charge is -2.10. The van der Waals surface area contributed by atoms with Crippen LogP contribution in [0.4, 0.5) is 17.3 Å².